The molecule has 2 aromatic carbocycles. The first-order valence-electron chi connectivity index (χ1n) is 7.98. The summed E-state index contributed by atoms with van der Waals surface area (Å²) < 4.78 is 0. The van der Waals surface area contributed by atoms with Gasteiger partial charge in [-0.2, -0.15) is 5.26 Å². The zero-order chi connectivity index (χ0) is 19.3. The van der Waals surface area contributed by atoms with E-state index in [1.54, 1.807) is 24.3 Å². The quantitative estimate of drug-likeness (QED) is 0.502. The number of amides is 2. The van der Waals surface area contributed by atoms with Crippen molar-refractivity contribution in [1.29, 1.82) is 5.26 Å². The number of nitrogens with one attached hydrogen (secondary N) is 1. The second-order valence-electron chi connectivity index (χ2n) is 5.88. The molecule has 0 heterocycles. The normalized spacial score (nSPS) is 10.8. The lowest BCUT2D eigenvalue weighted by molar-refractivity contribution is -0.123. The van der Waals surface area contributed by atoms with Crippen molar-refractivity contribution in [1.82, 2.24) is 0 Å². The number of rotatable bonds is 4. The van der Waals surface area contributed by atoms with E-state index in [4.69, 9.17) is 5.73 Å². The average Bonchev–Trinajstić information content (AvgIpc) is 2.60. The molecule has 0 saturated heterocycles. The second kappa shape index (κ2) is 7.99. The lowest BCUT2D eigenvalue weighted by atomic mass is 10.1. The van der Waals surface area contributed by atoms with Crippen molar-refractivity contribution in [2.24, 2.45) is 0 Å². The molecule has 0 saturated carbocycles. The number of hydrogen-bond acceptors (Lipinski definition) is 5. The van der Waals surface area contributed by atoms with Gasteiger partial charge in [-0.3, -0.25) is 9.59 Å². The third-order valence-electron chi connectivity index (χ3n) is 3.79. The number of carbonyl (C=O) groups is 2. The molecule has 0 aliphatic carbocycles. The minimum absolute atomic E-state index is 0.182. The zero-order valence-electron chi connectivity index (χ0n) is 14.9. The first-order valence-corrected chi connectivity index (χ1v) is 7.98. The van der Waals surface area contributed by atoms with Gasteiger partial charge in [0.15, 0.2) is 0 Å². The average molecular weight is 348 g/mol. The number of hydrogen-bond donors (Lipinski definition) is 2. The van der Waals surface area contributed by atoms with Crippen molar-refractivity contribution >= 4 is 28.9 Å². The fourth-order valence-electron chi connectivity index (χ4n) is 2.37. The van der Waals surface area contributed by atoms with Crippen molar-refractivity contribution in [3.8, 4) is 6.07 Å². The van der Waals surface area contributed by atoms with Crippen LogP contribution in [0.5, 0.6) is 0 Å². The Balaban J connectivity index is 2.33. The number of aryl methyl sites for hydroxylation is 2. The summed E-state index contributed by atoms with van der Waals surface area (Å²) in [7, 11) is 0. The molecule has 0 atom stereocenters. The number of nitrogens with two attached hydrogens (primary N) is 1. The van der Waals surface area contributed by atoms with Crippen LogP contribution < -0.4 is 16.0 Å². The van der Waals surface area contributed by atoms with E-state index in [9.17, 15) is 14.9 Å². The molecular weight excluding hydrogens is 328 g/mol. The van der Waals surface area contributed by atoms with Gasteiger partial charge in [0.1, 0.15) is 11.6 Å². The fourth-order valence-corrected chi connectivity index (χ4v) is 2.37. The smallest absolute Gasteiger partial charge is 0.277 e. The molecule has 0 fully saturated rings. The molecule has 0 unspecified atom stereocenters. The molecule has 2 amide bonds. The van der Waals surface area contributed by atoms with Crippen LogP contribution in [0.2, 0.25) is 0 Å². The van der Waals surface area contributed by atoms with E-state index in [0.29, 0.717) is 11.4 Å². The van der Waals surface area contributed by atoms with Gasteiger partial charge in [-0.25, -0.2) is 4.90 Å². The molecule has 0 spiro atoms. The zero-order valence-corrected chi connectivity index (χ0v) is 14.9. The maximum Gasteiger partial charge on any atom is 0.277 e. The SMILES string of the molecule is CC(=O)N(C(=O)/C(C#N)=C\Nc1cc(C)ccc1C)c1ccc(N)cc1. The van der Waals surface area contributed by atoms with Crippen LogP contribution >= 0.6 is 0 Å². The molecule has 0 aliphatic rings. The van der Waals surface area contributed by atoms with Gasteiger partial charge in [0.05, 0.1) is 5.69 Å². The number of anilines is 3. The third kappa shape index (κ3) is 4.28. The second-order valence-corrected chi connectivity index (χ2v) is 5.88. The van der Waals surface area contributed by atoms with E-state index in [0.717, 1.165) is 21.7 Å². The molecule has 132 valence electrons. The number of benzene rings is 2. The summed E-state index contributed by atoms with van der Waals surface area (Å²) in [6, 6.07) is 14.0. The van der Waals surface area contributed by atoms with E-state index < -0.39 is 11.8 Å². The minimum Gasteiger partial charge on any atom is -0.399 e. The molecule has 2 rings (SSSR count). The standard InChI is InChI=1S/C20H20N4O2/c1-13-4-5-14(2)19(10-13)23-12-16(11-21)20(26)24(15(3)25)18-8-6-17(22)7-9-18/h4-10,12,23H,22H2,1-3H3/b16-12-. The summed E-state index contributed by atoms with van der Waals surface area (Å²) >= 11 is 0. The minimum atomic E-state index is -0.706. The van der Waals surface area contributed by atoms with Crippen molar-refractivity contribution in [3.05, 3.63) is 65.4 Å². The predicted molar refractivity (Wildman–Crippen MR) is 102 cm³/mol. The highest BCUT2D eigenvalue weighted by Crippen LogP contribution is 2.20. The van der Waals surface area contributed by atoms with Crippen molar-refractivity contribution in [2.45, 2.75) is 20.8 Å². The highest BCUT2D eigenvalue weighted by molar-refractivity contribution is 6.21. The lowest BCUT2D eigenvalue weighted by Crippen LogP contribution is -2.36. The van der Waals surface area contributed by atoms with Gasteiger partial charge in [0.2, 0.25) is 5.91 Å². The molecule has 6 nitrogen and oxygen atoms in total. The van der Waals surface area contributed by atoms with Crippen LogP contribution in [0.4, 0.5) is 17.1 Å². The molecule has 0 aliphatic heterocycles. The van der Waals surface area contributed by atoms with Gasteiger partial charge in [-0.1, -0.05) is 12.1 Å². The Morgan fingerprint density at radius 1 is 1.15 bits per heavy atom. The van der Waals surface area contributed by atoms with Crippen LogP contribution in [0.15, 0.2) is 54.2 Å². The summed E-state index contributed by atoms with van der Waals surface area (Å²) in [5.41, 5.74) is 9.12. The number of nitrogens with zero attached hydrogens (tertiary/aromatic N) is 2. The Morgan fingerprint density at radius 2 is 1.81 bits per heavy atom. The number of imide groups is 1. The lowest BCUT2D eigenvalue weighted by Gasteiger charge is -2.19. The van der Waals surface area contributed by atoms with Gasteiger partial charge >= 0.3 is 0 Å². The summed E-state index contributed by atoms with van der Waals surface area (Å²) in [5, 5.41) is 12.4. The molecule has 26 heavy (non-hydrogen) atoms. The van der Waals surface area contributed by atoms with Crippen molar-refractivity contribution < 1.29 is 9.59 Å². The molecule has 2 aromatic rings. The molecule has 0 bridgehead atoms. The van der Waals surface area contributed by atoms with Gasteiger partial charge in [-0.15, -0.1) is 0 Å². The first kappa shape index (κ1) is 18.7. The fraction of sp³-hybridized carbons (Fsp3) is 0.150. The first-order chi connectivity index (χ1) is 12.3. The van der Waals surface area contributed by atoms with Crippen LogP contribution in [-0.2, 0) is 9.59 Å². The maximum atomic E-state index is 12.7. The molecule has 0 aromatic heterocycles. The van der Waals surface area contributed by atoms with Crippen LogP contribution in [-0.4, -0.2) is 11.8 Å². The highest BCUT2D eigenvalue weighted by atomic mass is 16.2. The van der Waals surface area contributed by atoms with E-state index >= 15 is 0 Å². The number of nitrogen functional groups attached to an aromatic ring is 1. The summed E-state index contributed by atoms with van der Waals surface area (Å²) in [4.78, 5) is 25.6. The van der Waals surface area contributed by atoms with Crippen LogP contribution in [0.1, 0.15) is 18.1 Å². The largest absolute Gasteiger partial charge is 0.399 e. The van der Waals surface area contributed by atoms with Gasteiger partial charge < -0.3 is 11.1 Å². The Morgan fingerprint density at radius 3 is 2.38 bits per heavy atom. The van der Waals surface area contributed by atoms with Crippen LogP contribution in [0.3, 0.4) is 0 Å². The summed E-state index contributed by atoms with van der Waals surface area (Å²) in [6.45, 7) is 5.13. The molecule has 3 N–H and O–H groups in total. The van der Waals surface area contributed by atoms with Gasteiger partial charge in [0, 0.05) is 24.5 Å². The maximum absolute atomic E-state index is 12.7. The Labute approximate surface area is 152 Å². The Bertz CT molecular complexity index is 908. The summed E-state index contributed by atoms with van der Waals surface area (Å²) in [5.74, 6) is -1.20. The van der Waals surface area contributed by atoms with E-state index in [1.807, 2.05) is 38.1 Å². The van der Waals surface area contributed by atoms with Gasteiger partial charge in [0.25, 0.3) is 5.91 Å². The van der Waals surface area contributed by atoms with Crippen molar-refractivity contribution in [3.63, 3.8) is 0 Å². The number of nitriles is 1. The molecule has 0 radical (unpaired) electrons. The van der Waals surface area contributed by atoms with E-state index in [2.05, 4.69) is 5.32 Å². The Hall–Kier alpha value is -3.59. The monoisotopic (exact) mass is 348 g/mol. The van der Waals surface area contributed by atoms with E-state index in [1.165, 1.54) is 13.1 Å². The topological polar surface area (TPSA) is 99.2 Å². The van der Waals surface area contributed by atoms with Crippen LogP contribution in [0, 0.1) is 25.2 Å². The highest BCUT2D eigenvalue weighted by Gasteiger charge is 2.24. The number of carbonyl (C=O) groups excluding carboxylic acids is 2. The summed E-state index contributed by atoms with van der Waals surface area (Å²) in [6.07, 6.45) is 1.32. The van der Waals surface area contributed by atoms with Gasteiger partial charge in [-0.05, 0) is 55.3 Å². The third-order valence-corrected chi connectivity index (χ3v) is 3.79. The van der Waals surface area contributed by atoms with Crippen LogP contribution in [0.25, 0.3) is 0 Å². The van der Waals surface area contributed by atoms with E-state index in [-0.39, 0.29) is 5.57 Å². The van der Waals surface area contributed by atoms with Crippen molar-refractivity contribution in [2.75, 3.05) is 16.0 Å². The predicted octanol–water partition coefficient (Wildman–Crippen LogP) is 3.28. The Kier molecular flexibility index (Phi) is 5.76. The molecule has 6 heteroatoms. The molecular formula is C20H20N4O2.